The van der Waals surface area contributed by atoms with Gasteiger partial charge in [-0.2, -0.15) is 0 Å². The summed E-state index contributed by atoms with van der Waals surface area (Å²) in [5.41, 5.74) is 2.99. The second kappa shape index (κ2) is 6.99. The highest BCUT2D eigenvalue weighted by molar-refractivity contribution is 5.24. The average molecular weight is 284 g/mol. The molecule has 2 aliphatic rings. The number of benzene rings is 1. The minimum absolute atomic E-state index is 0.832. The first kappa shape index (κ1) is 15.1. The minimum atomic E-state index is 0.832. The third-order valence-corrected chi connectivity index (χ3v) is 6.29. The molecule has 0 nitrogen and oxygen atoms in total. The molecule has 21 heavy (non-hydrogen) atoms. The zero-order chi connectivity index (χ0) is 14.7. The third kappa shape index (κ3) is 3.90. The first-order valence-electron chi connectivity index (χ1n) is 9.29. The topological polar surface area (TPSA) is 0 Å². The fourth-order valence-electron chi connectivity index (χ4n) is 4.73. The van der Waals surface area contributed by atoms with Crippen LogP contribution >= 0.6 is 0 Å². The maximum atomic E-state index is 2.44. The van der Waals surface area contributed by atoms with E-state index in [2.05, 4.69) is 38.1 Å². The molecule has 1 aromatic carbocycles. The molecule has 0 amide bonds. The molecule has 0 spiro atoms. The molecule has 0 heterocycles. The molecule has 0 radical (unpaired) electrons. The maximum absolute atomic E-state index is 2.44. The maximum Gasteiger partial charge on any atom is -0.0162 e. The lowest BCUT2D eigenvalue weighted by molar-refractivity contribution is 0.196. The summed E-state index contributed by atoms with van der Waals surface area (Å²) >= 11 is 0. The van der Waals surface area contributed by atoms with Crippen LogP contribution in [0.15, 0.2) is 24.3 Å². The highest BCUT2D eigenvalue weighted by Gasteiger charge is 2.28. The van der Waals surface area contributed by atoms with Crippen LogP contribution in [-0.4, -0.2) is 0 Å². The van der Waals surface area contributed by atoms with Crippen LogP contribution in [0.1, 0.15) is 81.8 Å². The number of hydrogen-bond acceptors (Lipinski definition) is 0. The van der Waals surface area contributed by atoms with Gasteiger partial charge < -0.3 is 0 Å². The van der Waals surface area contributed by atoms with Gasteiger partial charge in [0.05, 0.1) is 0 Å². The van der Waals surface area contributed by atoms with Gasteiger partial charge in [0.1, 0.15) is 0 Å². The zero-order valence-electron chi connectivity index (χ0n) is 14.0. The van der Waals surface area contributed by atoms with E-state index in [9.17, 15) is 0 Å². The number of hydrogen-bond donors (Lipinski definition) is 0. The van der Waals surface area contributed by atoms with E-state index in [-0.39, 0.29) is 0 Å². The van der Waals surface area contributed by atoms with Crippen molar-refractivity contribution < 1.29 is 0 Å². The van der Waals surface area contributed by atoms with E-state index in [4.69, 9.17) is 0 Å². The molecule has 0 N–H and O–H groups in total. The monoisotopic (exact) mass is 284 g/mol. The highest BCUT2D eigenvalue weighted by atomic mass is 14.3. The van der Waals surface area contributed by atoms with Gasteiger partial charge in [-0.3, -0.25) is 0 Å². The fourth-order valence-corrected chi connectivity index (χ4v) is 4.73. The summed E-state index contributed by atoms with van der Waals surface area (Å²) in [7, 11) is 0. The third-order valence-electron chi connectivity index (χ3n) is 6.29. The van der Waals surface area contributed by atoms with E-state index in [1.807, 2.05) is 0 Å². The Kier molecular flexibility index (Phi) is 5.03. The van der Waals surface area contributed by atoms with Gasteiger partial charge in [-0.05, 0) is 68.3 Å². The van der Waals surface area contributed by atoms with Crippen molar-refractivity contribution in [3.63, 3.8) is 0 Å². The molecular weight excluding hydrogens is 252 g/mol. The first-order valence-corrected chi connectivity index (χ1v) is 9.29. The van der Waals surface area contributed by atoms with Crippen molar-refractivity contribution in [3.05, 3.63) is 35.4 Å². The summed E-state index contributed by atoms with van der Waals surface area (Å²) in [5.74, 6) is 3.91. The van der Waals surface area contributed by atoms with Gasteiger partial charge in [-0.1, -0.05) is 62.4 Å². The molecule has 0 bridgehead atoms. The summed E-state index contributed by atoms with van der Waals surface area (Å²) in [5, 5.41) is 0. The summed E-state index contributed by atoms with van der Waals surface area (Å²) in [4.78, 5) is 0. The Labute approximate surface area is 131 Å². The van der Waals surface area contributed by atoms with Crippen LogP contribution in [0.5, 0.6) is 0 Å². The second-order valence-corrected chi connectivity index (χ2v) is 7.90. The van der Waals surface area contributed by atoms with Crippen LogP contribution in [0.3, 0.4) is 0 Å². The molecule has 0 saturated heterocycles. The molecule has 2 fully saturated rings. The fraction of sp³-hybridized carbons (Fsp3) is 0.714. The second-order valence-electron chi connectivity index (χ2n) is 7.90. The van der Waals surface area contributed by atoms with Gasteiger partial charge in [0.25, 0.3) is 0 Å². The Bertz CT molecular complexity index is 422. The highest BCUT2D eigenvalue weighted by Crippen LogP contribution is 2.42. The van der Waals surface area contributed by atoms with Crippen LogP contribution in [0.4, 0.5) is 0 Å². The SMILES string of the molecule is Cc1ccc(C2CCC[C@@H](C3CCC(C)CC3)CC2)cc1. The van der Waals surface area contributed by atoms with Gasteiger partial charge in [0.15, 0.2) is 0 Å². The molecule has 0 aromatic heterocycles. The van der Waals surface area contributed by atoms with Gasteiger partial charge in [-0.25, -0.2) is 0 Å². The molecule has 2 atom stereocenters. The van der Waals surface area contributed by atoms with Crippen LogP contribution in [0.2, 0.25) is 0 Å². The van der Waals surface area contributed by atoms with Crippen molar-refractivity contribution in [2.45, 2.75) is 77.6 Å². The summed E-state index contributed by atoms with van der Waals surface area (Å²) in [6.45, 7) is 4.63. The number of aryl methyl sites for hydroxylation is 1. The van der Waals surface area contributed by atoms with Crippen LogP contribution in [0.25, 0.3) is 0 Å². The van der Waals surface area contributed by atoms with E-state index >= 15 is 0 Å². The molecule has 0 aliphatic heterocycles. The van der Waals surface area contributed by atoms with E-state index in [0.717, 1.165) is 23.7 Å². The Morgan fingerprint density at radius 1 is 0.714 bits per heavy atom. The molecule has 116 valence electrons. The van der Waals surface area contributed by atoms with Crippen LogP contribution in [-0.2, 0) is 0 Å². The lowest BCUT2D eigenvalue weighted by Crippen LogP contribution is -2.20. The molecule has 0 heteroatoms. The number of rotatable bonds is 2. The molecular formula is C21H32. The average Bonchev–Trinajstić information content (AvgIpc) is 2.75. The van der Waals surface area contributed by atoms with E-state index in [1.165, 1.54) is 63.4 Å². The molecule has 2 saturated carbocycles. The van der Waals surface area contributed by atoms with Crippen LogP contribution in [0, 0.1) is 24.7 Å². The van der Waals surface area contributed by atoms with Crippen molar-refractivity contribution in [2.75, 3.05) is 0 Å². The normalized spacial score (nSPS) is 34.4. The molecule has 2 aliphatic carbocycles. The van der Waals surface area contributed by atoms with Gasteiger partial charge in [0, 0.05) is 0 Å². The van der Waals surface area contributed by atoms with Gasteiger partial charge in [0.2, 0.25) is 0 Å². The van der Waals surface area contributed by atoms with Crippen molar-refractivity contribution >= 4 is 0 Å². The summed E-state index contributed by atoms with van der Waals surface area (Å²) in [6.07, 6.45) is 13.3. The van der Waals surface area contributed by atoms with E-state index in [0.29, 0.717) is 0 Å². The van der Waals surface area contributed by atoms with Crippen molar-refractivity contribution in [3.8, 4) is 0 Å². The minimum Gasteiger partial charge on any atom is -0.0625 e. The molecule has 3 rings (SSSR count). The van der Waals surface area contributed by atoms with Crippen LogP contribution < -0.4 is 0 Å². The van der Waals surface area contributed by atoms with Gasteiger partial charge >= 0.3 is 0 Å². The standard InChI is InChI=1S/C21H32/c1-16-6-10-20(11-7-16)18-4-3-5-19(15-14-18)21-12-8-17(2)9-13-21/h6-7,10-11,17-19,21H,3-5,8-9,12-15H2,1-2H3/t17?,18?,19-,21?/m1/s1. The van der Waals surface area contributed by atoms with E-state index in [1.54, 1.807) is 5.56 Å². The first-order chi connectivity index (χ1) is 10.2. The quantitative estimate of drug-likeness (QED) is 0.545. The van der Waals surface area contributed by atoms with Crippen molar-refractivity contribution in [1.82, 2.24) is 0 Å². The van der Waals surface area contributed by atoms with Gasteiger partial charge in [-0.15, -0.1) is 0 Å². The molecule has 1 aromatic rings. The van der Waals surface area contributed by atoms with Crippen molar-refractivity contribution in [2.24, 2.45) is 17.8 Å². The van der Waals surface area contributed by atoms with Crippen molar-refractivity contribution in [1.29, 1.82) is 0 Å². The predicted molar refractivity (Wildman–Crippen MR) is 91.6 cm³/mol. The largest absolute Gasteiger partial charge is 0.0625 e. The summed E-state index contributed by atoms with van der Waals surface area (Å²) in [6, 6.07) is 9.34. The Balaban J connectivity index is 1.57. The Hall–Kier alpha value is -0.780. The molecule has 1 unspecified atom stereocenters. The Morgan fingerprint density at radius 2 is 1.33 bits per heavy atom. The van der Waals surface area contributed by atoms with E-state index < -0.39 is 0 Å². The lowest BCUT2D eigenvalue weighted by Gasteiger charge is -2.32. The zero-order valence-corrected chi connectivity index (χ0v) is 14.0. The lowest BCUT2D eigenvalue weighted by atomic mass is 9.74. The predicted octanol–water partition coefficient (Wildman–Crippen LogP) is 6.49. The smallest absolute Gasteiger partial charge is 0.0162 e. The summed E-state index contributed by atoms with van der Waals surface area (Å²) < 4.78 is 0. The Morgan fingerprint density at radius 3 is 2.05 bits per heavy atom.